The number of aliphatic hydroxyl groups is 3. The predicted molar refractivity (Wildman–Crippen MR) is 151 cm³/mol. The normalized spacial score (nSPS) is 33.7. The minimum Gasteiger partial charge on any atom is -0.468 e. The molecule has 0 aromatic heterocycles. The number of alkyl carbamates (subject to hydrolysis) is 1. The zero-order valence-corrected chi connectivity index (χ0v) is 25.1. The van der Waals surface area contributed by atoms with Crippen LogP contribution in [0.1, 0.15) is 59.8 Å². The quantitative estimate of drug-likeness (QED) is 0.143. The average molecular weight is 603 g/mol. The topological polar surface area (TPSA) is 203 Å². The van der Waals surface area contributed by atoms with Gasteiger partial charge in [0.1, 0.15) is 35.8 Å². The van der Waals surface area contributed by atoms with Crippen LogP contribution >= 0.6 is 0 Å². The molecule has 0 bridgehead atoms. The number of ether oxygens (including phenoxy) is 5. The second-order valence-electron chi connectivity index (χ2n) is 12.2. The number of carbonyl (C=O) groups excluding carboxylic acids is 2. The number of aliphatic hydroxyl groups excluding tert-OH is 3. The van der Waals surface area contributed by atoms with Gasteiger partial charge < -0.3 is 60.7 Å². The molecule has 8 N–H and O–H groups in total. The lowest BCUT2D eigenvalue weighted by Gasteiger charge is -2.46. The Morgan fingerprint density at radius 1 is 1.14 bits per heavy atom. The second-order valence-corrected chi connectivity index (χ2v) is 12.2. The maximum Gasteiger partial charge on any atom is 0.407 e. The van der Waals surface area contributed by atoms with Gasteiger partial charge in [-0.15, -0.1) is 0 Å². The summed E-state index contributed by atoms with van der Waals surface area (Å²) < 4.78 is 29.1. The molecule has 14 heteroatoms. The molecule has 1 saturated heterocycles. The molecule has 1 saturated carbocycles. The summed E-state index contributed by atoms with van der Waals surface area (Å²) in [7, 11) is 0. The molecule has 3 rings (SSSR count). The van der Waals surface area contributed by atoms with E-state index in [-0.39, 0.29) is 37.8 Å². The van der Waals surface area contributed by atoms with E-state index in [1.165, 1.54) is 0 Å². The molecule has 0 unspecified atom stereocenters. The van der Waals surface area contributed by atoms with Crippen LogP contribution in [0.2, 0.25) is 0 Å². The van der Waals surface area contributed by atoms with Crippen LogP contribution in [0.5, 0.6) is 0 Å². The highest BCUT2D eigenvalue weighted by atomic mass is 16.7. The zero-order chi connectivity index (χ0) is 30.9. The Kier molecular flexibility index (Phi) is 13.2. The van der Waals surface area contributed by atoms with Crippen molar-refractivity contribution in [2.24, 2.45) is 11.7 Å². The Morgan fingerprint density at radius 2 is 1.90 bits per heavy atom. The lowest BCUT2D eigenvalue weighted by molar-refractivity contribution is -0.282. The summed E-state index contributed by atoms with van der Waals surface area (Å²) in [6, 6.07) is -1.39. The lowest BCUT2D eigenvalue weighted by Crippen LogP contribution is -2.66. The van der Waals surface area contributed by atoms with Gasteiger partial charge in [-0.2, -0.15) is 0 Å². The molecular weight excluding hydrogens is 552 g/mol. The summed E-state index contributed by atoms with van der Waals surface area (Å²) in [5, 5.41) is 39.5. The third-order valence-electron chi connectivity index (χ3n) is 7.13. The molecule has 14 nitrogen and oxygen atoms in total. The van der Waals surface area contributed by atoms with Crippen LogP contribution in [0.25, 0.3) is 0 Å². The third-order valence-corrected chi connectivity index (χ3v) is 7.13. The number of amides is 2. The van der Waals surface area contributed by atoms with Crippen molar-refractivity contribution < 1.29 is 48.6 Å². The highest BCUT2D eigenvalue weighted by Crippen LogP contribution is 2.31. The summed E-state index contributed by atoms with van der Waals surface area (Å²) in [5.41, 5.74) is 5.81. The molecular formula is C28H50N4O10. The Labute approximate surface area is 247 Å². The second kappa shape index (κ2) is 16.1. The van der Waals surface area contributed by atoms with Gasteiger partial charge in [-0.25, -0.2) is 4.79 Å². The molecule has 3 aliphatic rings. The minimum atomic E-state index is -1.28. The van der Waals surface area contributed by atoms with Crippen LogP contribution in [0.3, 0.4) is 0 Å². The number of nitrogens with two attached hydrogens (primary N) is 1. The summed E-state index contributed by atoms with van der Waals surface area (Å²) in [5.74, 6) is 0.429. The zero-order valence-electron chi connectivity index (χ0n) is 25.1. The highest BCUT2D eigenvalue weighted by Gasteiger charge is 2.48. The van der Waals surface area contributed by atoms with E-state index in [0.29, 0.717) is 44.7 Å². The van der Waals surface area contributed by atoms with Gasteiger partial charge in [0, 0.05) is 32.0 Å². The fourth-order valence-corrected chi connectivity index (χ4v) is 5.19. The van der Waals surface area contributed by atoms with E-state index in [9.17, 15) is 19.8 Å². The Morgan fingerprint density at radius 3 is 2.60 bits per heavy atom. The first-order valence-corrected chi connectivity index (χ1v) is 14.8. The van der Waals surface area contributed by atoms with Gasteiger partial charge in [0.15, 0.2) is 12.6 Å². The van der Waals surface area contributed by atoms with Crippen molar-refractivity contribution in [3.05, 3.63) is 11.8 Å². The fourth-order valence-electron chi connectivity index (χ4n) is 5.19. The molecule has 0 aromatic rings. The van der Waals surface area contributed by atoms with Crippen LogP contribution in [0, 0.1) is 5.92 Å². The van der Waals surface area contributed by atoms with Crippen LogP contribution in [0.4, 0.5) is 4.79 Å². The molecule has 0 aromatic carbocycles. The summed E-state index contributed by atoms with van der Waals surface area (Å²) >= 11 is 0. The van der Waals surface area contributed by atoms with Crippen molar-refractivity contribution in [1.29, 1.82) is 0 Å². The first-order valence-electron chi connectivity index (χ1n) is 14.8. The van der Waals surface area contributed by atoms with Crippen molar-refractivity contribution >= 4 is 12.0 Å². The number of hydrogen-bond acceptors (Lipinski definition) is 12. The Hall–Kier alpha value is -2.04. The molecule has 9 atom stereocenters. The van der Waals surface area contributed by atoms with E-state index in [1.807, 2.05) is 13.0 Å². The Bertz CT molecular complexity index is 900. The largest absolute Gasteiger partial charge is 0.468 e. The highest BCUT2D eigenvalue weighted by molar-refractivity contribution is 5.77. The number of carbonyl (C=O) groups is 2. The number of allylic oxidation sites excluding steroid dienone is 1. The van der Waals surface area contributed by atoms with E-state index < -0.39 is 60.8 Å². The molecule has 2 aliphatic heterocycles. The molecule has 0 spiro atoms. The molecule has 1 aliphatic carbocycles. The molecule has 42 heavy (non-hydrogen) atoms. The van der Waals surface area contributed by atoms with Crippen molar-refractivity contribution in [3.8, 4) is 0 Å². The Balaban J connectivity index is 1.64. The maximum atomic E-state index is 12.8. The van der Waals surface area contributed by atoms with E-state index in [4.69, 9.17) is 34.5 Å². The fraction of sp³-hybridized carbons (Fsp3) is 0.857. The molecule has 2 amide bonds. The van der Waals surface area contributed by atoms with Gasteiger partial charge in [-0.1, -0.05) is 6.92 Å². The maximum absolute atomic E-state index is 12.8. The smallest absolute Gasteiger partial charge is 0.407 e. The van der Waals surface area contributed by atoms with Gasteiger partial charge >= 0.3 is 6.09 Å². The van der Waals surface area contributed by atoms with Gasteiger partial charge in [0.25, 0.3) is 0 Å². The first kappa shape index (κ1) is 34.5. The van der Waals surface area contributed by atoms with Gasteiger partial charge in [-0.05, 0) is 52.0 Å². The van der Waals surface area contributed by atoms with Gasteiger partial charge in [0.2, 0.25) is 5.91 Å². The number of nitrogens with one attached hydrogen (secondary N) is 3. The minimum absolute atomic E-state index is 0.00793. The standard InChI is InChI=1S/C28H50N4O10/c1-16-12-20(34)26(38-15-16)41-25-19(32-21(35)8-9-31-27(37)42-28(2,3)4)13-18(29)24(23(25)36)40-22-7-5-6-17(39-22)14-30-10-11-33/h6,16,18-20,22-26,30,33-34,36H,5,7-15,29H2,1-4H3,(H,31,37)(H,32,35)/t16-,18-,19+,20+,22+,23-,24+,25-,26+/m0/s1. The third kappa shape index (κ3) is 10.9. The van der Waals surface area contributed by atoms with Crippen molar-refractivity contribution in [3.63, 3.8) is 0 Å². The first-order chi connectivity index (χ1) is 19.9. The number of rotatable bonds is 12. The van der Waals surface area contributed by atoms with Crippen LogP contribution in [-0.4, -0.2) is 115 Å². The van der Waals surface area contributed by atoms with Crippen molar-refractivity contribution in [2.75, 3.05) is 32.8 Å². The van der Waals surface area contributed by atoms with E-state index in [2.05, 4.69) is 16.0 Å². The SMILES string of the molecule is C[C@@H]1CO[C@H](O[C@@H]2[C@@H](O)[C@H](O[C@@H]3CCC=C(CNCCO)O3)[C@@H](N)C[C@H]2NC(=O)CCNC(=O)OC(C)(C)C)[C@H](O)C1. The van der Waals surface area contributed by atoms with Crippen molar-refractivity contribution in [2.45, 2.75) is 114 Å². The van der Waals surface area contributed by atoms with Crippen LogP contribution < -0.4 is 21.7 Å². The van der Waals surface area contributed by atoms with E-state index in [1.54, 1.807) is 20.8 Å². The van der Waals surface area contributed by atoms with E-state index in [0.717, 1.165) is 0 Å². The van der Waals surface area contributed by atoms with Crippen LogP contribution in [0.15, 0.2) is 11.8 Å². The average Bonchev–Trinajstić information content (AvgIpc) is 2.89. The summed E-state index contributed by atoms with van der Waals surface area (Å²) in [4.78, 5) is 24.8. The lowest BCUT2D eigenvalue weighted by atomic mass is 9.83. The van der Waals surface area contributed by atoms with Gasteiger partial charge in [-0.3, -0.25) is 4.79 Å². The summed E-state index contributed by atoms with van der Waals surface area (Å²) in [6.07, 6.45) is -2.52. The molecule has 242 valence electrons. The predicted octanol–water partition coefficient (Wildman–Crippen LogP) is -0.406. The van der Waals surface area contributed by atoms with E-state index >= 15 is 0 Å². The van der Waals surface area contributed by atoms with Gasteiger partial charge in [0.05, 0.1) is 25.8 Å². The van der Waals surface area contributed by atoms with Crippen molar-refractivity contribution in [1.82, 2.24) is 16.0 Å². The summed E-state index contributed by atoms with van der Waals surface area (Å²) in [6.45, 7) is 8.48. The van der Waals surface area contributed by atoms with Crippen LogP contribution in [-0.2, 0) is 28.5 Å². The monoisotopic (exact) mass is 602 g/mol. The number of hydrogen-bond donors (Lipinski definition) is 7. The molecule has 2 heterocycles. The molecule has 2 fully saturated rings. The molecule has 0 radical (unpaired) electrons.